The summed E-state index contributed by atoms with van der Waals surface area (Å²) in [5.41, 5.74) is 2.06. The van der Waals surface area contributed by atoms with Gasteiger partial charge in [0.1, 0.15) is 5.75 Å². The Hall–Kier alpha value is -1.81. The molecule has 0 saturated heterocycles. The number of benzene rings is 1. The fourth-order valence-corrected chi connectivity index (χ4v) is 3.48. The molecular formula is C22H35N3O. The third-order valence-electron chi connectivity index (χ3n) is 4.78. The van der Waals surface area contributed by atoms with Gasteiger partial charge in [-0.05, 0) is 37.8 Å². The second kappa shape index (κ2) is 10.4. The standard InChI is InChI=1S/C22H35N3O/c1-6-9-18(4)25(16-17(2)3)13-8-12-23-21-15-20(26-5)14-19-10-7-11-24-22(19)21/h7,10-11,14-15,17-18,23H,6,8-9,12-13,16H2,1-5H3/t18-/m1/s1. The highest BCUT2D eigenvalue weighted by Crippen LogP contribution is 2.27. The highest BCUT2D eigenvalue weighted by molar-refractivity contribution is 5.91. The maximum Gasteiger partial charge on any atom is 0.121 e. The van der Waals surface area contributed by atoms with Gasteiger partial charge in [0.25, 0.3) is 0 Å². The van der Waals surface area contributed by atoms with Gasteiger partial charge in [-0.15, -0.1) is 0 Å². The number of hydrogen-bond donors (Lipinski definition) is 1. The minimum atomic E-state index is 0.654. The highest BCUT2D eigenvalue weighted by atomic mass is 16.5. The van der Waals surface area contributed by atoms with Gasteiger partial charge in [-0.3, -0.25) is 4.98 Å². The van der Waals surface area contributed by atoms with Crippen LogP contribution in [0.1, 0.15) is 47.0 Å². The van der Waals surface area contributed by atoms with E-state index in [1.54, 1.807) is 7.11 Å². The molecule has 0 fully saturated rings. The molecule has 2 rings (SSSR count). The minimum Gasteiger partial charge on any atom is -0.497 e. The summed E-state index contributed by atoms with van der Waals surface area (Å²) in [7, 11) is 1.71. The maximum atomic E-state index is 5.43. The van der Waals surface area contributed by atoms with Crippen molar-refractivity contribution in [3.05, 3.63) is 30.5 Å². The molecule has 0 saturated carbocycles. The molecule has 0 radical (unpaired) electrons. The van der Waals surface area contributed by atoms with Crippen molar-refractivity contribution in [1.82, 2.24) is 9.88 Å². The summed E-state index contributed by atoms with van der Waals surface area (Å²) in [5, 5.41) is 4.68. The molecule has 0 aliphatic carbocycles. The molecule has 0 spiro atoms. The van der Waals surface area contributed by atoms with Gasteiger partial charge in [0, 0.05) is 43.3 Å². The number of hydrogen-bond acceptors (Lipinski definition) is 4. The van der Waals surface area contributed by atoms with Crippen LogP contribution in [0, 0.1) is 5.92 Å². The molecule has 1 aromatic carbocycles. The largest absolute Gasteiger partial charge is 0.497 e. The van der Waals surface area contributed by atoms with E-state index >= 15 is 0 Å². The number of ether oxygens (including phenoxy) is 1. The van der Waals surface area contributed by atoms with Crippen LogP contribution in [0.5, 0.6) is 5.75 Å². The normalized spacial score (nSPS) is 12.7. The summed E-state index contributed by atoms with van der Waals surface area (Å²) in [4.78, 5) is 7.17. The summed E-state index contributed by atoms with van der Waals surface area (Å²) in [5.74, 6) is 1.57. The number of rotatable bonds is 11. The Morgan fingerprint density at radius 3 is 2.73 bits per heavy atom. The van der Waals surface area contributed by atoms with Gasteiger partial charge >= 0.3 is 0 Å². The fraction of sp³-hybridized carbons (Fsp3) is 0.591. The van der Waals surface area contributed by atoms with Gasteiger partial charge in [-0.2, -0.15) is 0 Å². The summed E-state index contributed by atoms with van der Waals surface area (Å²) in [6, 6.07) is 8.77. The maximum absolute atomic E-state index is 5.43. The van der Waals surface area contributed by atoms with E-state index in [9.17, 15) is 0 Å². The predicted molar refractivity (Wildman–Crippen MR) is 112 cm³/mol. The molecule has 0 amide bonds. The van der Waals surface area contributed by atoms with Crippen LogP contribution in [0.3, 0.4) is 0 Å². The number of anilines is 1. The number of methoxy groups -OCH3 is 1. The second-order valence-corrected chi connectivity index (χ2v) is 7.56. The smallest absolute Gasteiger partial charge is 0.121 e. The van der Waals surface area contributed by atoms with Gasteiger partial charge in [-0.25, -0.2) is 0 Å². The lowest BCUT2D eigenvalue weighted by molar-refractivity contribution is 0.177. The molecule has 0 unspecified atom stereocenters. The lowest BCUT2D eigenvalue weighted by Gasteiger charge is -2.30. The molecule has 0 aliphatic rings. The van der Waals surface area contributed by atoms with Crippen molar-refractivity contribution >= 4 is 16.6 Å². The van der Waals surface area contributed by atoms with Gasteiger partial charge in [0.2, 0.25) is 0 Å². The van der Waals surface area contributed by atoms with Crippen LogP contribution in [-0.2, 0) is 0 Å². The molecule has 1 atom stereocenters. The molecule has 144 valence electrons. The summed E-state index contributed by atoms with van der Waals surface area (Å²) in [6.07, 6.45) is 5.48. The first-order valence-corrected chi connectivity index (χ1v) is 9.95. The van der Waals surface area contributed by atoms with Crippen molar-refractivity contribution in [1.29, 1.82) is 0 Å². The molecule has 1 N–H and O–H groups in total. The lowest BCUT2D eigenvalue weighted by Crippen LogP contribution is -2.37. The van der Waals surface area contributed by atoms with Crippen LogP contribution < -0.4 is 10.1 Å². The van der Waals surface area contributed by atoms with E-state index in [0.29, 0.717) is 12.0 Å². The van der Waals surface area contributed by atoms with Crippen LogP contribution in [-0.4, -0.2) is 42.7 Å². The Morgan fingerprint density at radius 1 is 1.23 bits per heavy atom. The first-order chi connectivity index (χ1) is 12.5. The molecule has 4 heteroatoms. The van der Waals surface area contributed by atoms with E-state index < -0.39 is 0 Å². The van der Waals surface area contributed by atoms with E-state index in [1.807, 2.05) is 24.4 Å². The quantitative estimate of drug-likeness (QED) is 0.561. The SMILES string of the molecule is CCC[C@@H](C)N(CCCNc1cc(OC)cc2cccnc12)CC(C)C. The predicted octanol–water partition coefficient (Wildman–Crippen LogP) is 5.19. The fourth-order valence-electron chi connectivity index (χ4n) is 3.48. The average Bonchev–Trinajstić information content (AvgIpc) is 2.63. The number of aromatic nitrogens is 1. The van der Waals surface area contributed by atoms with Crippen molar-refractivity contribution in [2.75, 3.05) is 32.1 Å². The van der Waals surface area contributed by atoms with Gasteiger partial charge in [-0.1, -0.05) is 33.3 Å². The Labute approximate surface area is 159 Å². The van der Waals surface area contributed by atoms with Gasteiger partial charge in [0.15, 0.2) is 0 Å². The number of nitrogens with zero attached hydrogens (tertiary/aromatic N) is 2. The van der Waals surface area contributed by atoms with Gasteiger partial charge in [0.05, 0.1) is 18.3 Å². The molecular weight excluding hydrogens is 322 g/mol. The monoisotopic (exact) mass is 357 g/mol. The Kier molecular flexibility index (Phi) is 8.17. The summed E-state index contributed by atoms with van der Waals surface area (Å²) < 4.78 is 5.43. The third-order valence-corrected chi connectivity index (χ3v) is 4.78. The zero-order valence-electron chi connectivity index (χ0n) is 17.1. The van der Waals surface area contributed by atoms with E-state index in [1.165, 1.54) is 19.4 Å². The lowest BCUT2D eigenvalue weighted by atomic mass is 10.1. The molecule has 4 nitrogen and oxygen atoms in total. The minimum absolute atomic E-state index is 0.654. The molecule has 1 aromatic heterocycles. The van der Waals surface area contributed by atoms with Crippen LogP contribution in [0.2, 0.25) is 0 Å². The van der Waals surface area contributed by atoms with Crippen LogP contribution in [0.4, 0.5) is 5.69 Å². The molecule has 26 heavy (non-hydrogen) atoms. The first-order valence-electron chi connectivity index (χ1n) is 9.95. The van der Waals surface area contributed by atoms with Crippen molar-refractivity contribution in [3.8, 4) is 5.75 Å². The van der Waals surface area contributed by atoms with E-state index in [0.717, 1.165) is 41.9 Å². The first kappa shape index (κ1) is 20.5. The number of fused-ring (bicyclic) bond motifs is 1. The van der Waals surface area contributed by atoms with Crippen LogP contribution in [0.15, 0.2) is 30.5 Å². The number of nitrogens with one attached hydrogen (secondary N) is 1. The average molecular weight is 358 g/mol. The zero-order valence-corrected chi connectivity index (χ0v) is 17.1. The van der Waals surface area contributed by atoms with Crippen molar-refractivity contribution in [3.63, 3.8) is 0 Å². The summed E-state index contributed by atoms with van der Waals surface area (Å²) in [6.45, 7) is 12.5. The zero-order chi connectivity index (χ0) is 18.9. The molecule has 1 heterocycles. The topological polar surface area (TPSA) is 37.4 Å². The van der Waals surface area contributed by atoms with Crippen molar-refractivity contribution in [2.24, 2.45) is 5.92 Å². The Balaban J connectivity index is 1.97. The molecule has 0 aliphatic heterocycles. The van der Waals surface area contributed by atoms with E-state index in [4.69, 9.17) is 4.74 Å². The second-order valence-electron chi connectivity index (χ2n) is 7.56. The van der Waals surface area contributed by atoms with Crippen LogP contribution >= 0.6 is 0 Å². The van der Waals surface area contributed by atoms with E-state index in [-0.39, 0.29) is 0 Å². The molecule has 2 aromatic rings. The van der Waals surface area contributed by atoms with Crippen LogP contribution in [0.25, 0.3) is 10.9 Å². The van der Waals surface area contributed by atoms with Crippen molar-refractivity contribution in [2.45, 2.75) is 53.0 Å². The van der Waals surface area contributed by atoms with Crippen molar-refractivity contribution < 1.29 is 4.74 Å². The Bertz CT molecular complexity index is 671. The summed E-state index contributed by atoms with van der Waals surface area (Å²) >= 11 is 0. The molecule has 0 bridgehead atoms. The Morgan fingerprint density at radius 2 is 2.04 bits per heavy atom. The van der Waals surface area contributed by atoms with Gasteiger partial charge < -0.3 is 15.0 Å². The third kappa shape index (κ3) is 5.87. The number of pyridine rings is 1. The highest BCUT2D eigenvalue weighted by Gasteiger charge is 2.14. The van der Waals surface area contributed by atoms with E-state index in [2.05, 4.69) is 49.0 Å².